The topological polar surface area (TPSA) is 91.8 Å². The van der Waals surface area contributed by atoms with Gasteiger partial charge in [0.1, 0.15) is 0 Å². The lowest BCUT2D eigenvalue weighted by Crippen LogP contribution is -2.37. The van der Waals surface area contributed by atoms with Crippen molar-refractivity contribution >= 4 is 29.1 Å². The van der Waals surface area contributed by atoms with Gasteiger partial charge in [-0.05, 0) is 62.9 Å². The number of anilines is 2. The molecule has 3 N–H and O–H groups in total. The van der Waals surface area contributed by atoms with Crippen LogP contribution in [0.5, 0.6) is 0 Å². The maximum Gasteiger partial charge on any atom is 0.258 e. The monoisotopic (exact) mass is 422 g/mol. The fourth-order valence-corrected chi connectivity index (χ4v) is 3.44. The van der Waals surface area contributed by atoms with Crippen molar-refractivity contribution < 1.29 is 14.3 Å². The molecule has 0 aliphatic carbocycles. The highest BCUT2D eigenvalue weighted by Gasteiger charge is 2.17. The smallest absolute Gasteiger partial charge is 0.258 e. The van der Waals surface area contributed by atoms with E-state index in [9.17, 15) is 9.59 Å². The Morgan fingerprint density at radius 3 is 2.52 bits per heavy atom. The Bertz CT molecular complexity index is 994. The molecule has 1 atom stereocenters. The first-order valence-electron chi connectivity index (χ1n) is 10.5. The van der Waals surface area contributed by atoms with Crippen LogP contribution in [0.25, 0.3) is 0 Å². The highest BCUT2D eigenvalue weighted by molar-refractivity contribution is 6.10. The van der Waals surface area contributed by atoms with Gasteiger partial charge in [0.05, 0.1) is 12.6 Å². The zero-order valence-corrected chi connectivity index (χ0v) is 18.5. The molecule has 0 aromatic heterocycles. The lowest BCUT2D eigenvalue weighted by molar-refractivity contribution is -0.114. The van der Waals surface area contributed by atoms with Gasteiger partial charge in [-0.3, -0.25) is 14.9 Å². The van der Waals surface area contributed by atoms with E-state index in [4.69, 9.17) is 4.74 Å². The van der Waals surface area contributed by atoms with Crippen molar-refractivity contribution in [3.05, 3.63) is 58.7 Å². The summed E-state index contributed by atoms with van der Waals surface area (Å²) in [5.74, 6) is -0.125. The number of benzene rings is 2. The summed E-state index contributed by atoms with van der Waals surface area (Å²) in [5.41, 5.74) is 5.02. The number of hydrogen-bond donors (Lipinski definition) is 3. The maximum absolute atomic E-state index is 13.0. The molecule has 1 aliphatic rings. The summed E-state index contributed by atoms with van der Waals surface area (Å²) in [6, 6.07) is 11.3. The molecule has 31 heavy (non-hydrogen) atoms. The number of carbonyl (C=O) groups is 2. The first-order valence-corrected chi connectivity index (χ1v) is 10.5. The lowest BCUT2D eigenvalue weighted by atomic mass is 10.1. The minimum atomic E-state index is -0.310. The quantitative estimate of drug-likeness (QED) is 0.503. The zero-order valence-electron chi connectivity index (χ0n) is 18.5. The highest BCUT2D eigenvalue weighted by atomic mass is 16.5. The summed E-state index contributed by atoms with van der Waals surface area (Å²) in [5, 5.41) is 8.88. The summed E-state index contributed by atoms with van der Waals surface area (Å²) in [6.07, 6.45) is 2.06. The van der Waals surface area contributed by atoms with Crippen LogP contribution in [-0.4, -0.2) is 37.0 Å². The molecule has 1 unspecified atom stereocenters. The maximum atomic E-state index is 13.0. The summed E-state index contributed by atoms with van der Waals surface area (Å²) < 4.78 is 5.66. The van der Waals surface area contributed by atoms with E-state index in [-0.39, 0.29) is 17.9 Å². The van der Waals surface area contributed by atoms with Crippen molar-refractivity contribution in [1.82, 2.24) is 5.32 Å². The number of ether oxygens (including phenoxy) is 1. The van der Waals surface area contributed by atoms with Crippen LogP contribution < -0.4 is 16.0 Å². The average Bonchev–Trinajstić information content (AvgIpc) is 3.23. The Balaban J connectivity index is 1.80. The molecule has 7 nitrogen and oxygen atoms in total. The molecule has 0 spiro atoms. The molecule has 2 aromatic rings. The Labute approximate surface area is 183 Å². The van der Waals surface area contributed by atoms with Crippen LogP contribution in [0.3, 0.4) is 0 Å². The number of aliphatic imine (C=N–C) groups is 1. The molecule has 1 fully saturated rings. The molecular weight excluding hydrogens is 392 g/mol. The van der Waals surface area contributed by atoms with Crippen LogP contribution in [0.2, 0.25) is 0 Å². The van der Waals surface area contributed by atoms with Gasteiger partial charge in [-0.1, -0.05) is 23.8 Å². The third kappa shape index (κ3) is 6.39. The number of aryl methyl sites for hydroxylation is 3. The van der Waals surface area contributed by atoms with E-state index in [1.165, 1.54) is 6.92 Å². The van der Waals surface area contributed by atoms with Crippen LogP contribution in [0.15, 0.2) is 41.4 Å². The van der Waals surface area contributed by atoms with Crippen LogP contribution >= 0.6 is 0 Å². The molecule has 0 saturated carbocycles. The van der Waals surface area contributed by atoms with Crippen molar-refractivity contribution in [2.24, 2.45) is 4.99 Å². The van der Waals surface area contributed by atoms with Crippen LogP contribution in [0.1, 0.15) is 46.8 Å². The van der Waals surface area contributed by atoms with Gasteiger partial charge in [0, 0.05) is 30.5 Å². The van der Waals surface area contributed by atoms with Gasteiger partial charge >= 0.3 is 0 Å². The second-order valence-electron chi connectivity index (χ2n) is 7.93. The number of nitrogens with zero attached hydrogens (tertiary/aromatic N) is 1. The summed E-state index contributed by atoms with van der Waals surface area (Å²) >= 11 is 0. The molecule has 2 aromatic carbocycles. The van der Waals surface area contributed by atoms with Crippen molar-refractivity contribution in [3.63, 3.8) is 0 Å². The first-order chi connectivity index (χ1) is 14.8. The predicted molar refractivity (Wildman–Crippen MR) is 124 cm³/mol. The van der Waals surface area contributed by atoms with Gasteiger partial charge in [-0.15, -0.1) is 0 Å². The van der Waals surface area contributed by atoms with Gasteiger partial charge in [0.15, 0.2) is 0 Å². The molecule has 7 heteroatoms. The Kier molecular flexibility index (Phi) is 7.41. The molecule has 2 amide bonds. The van der Waals surface area contributed by atoms with E-state index in [0.717, 1.165) is 41.8 Å². The van der Waals surface area contributed by atoms with Gasteiger partial charge in [0.25, 0.3) is 5.91 Å². The zero-order chi connectivity index (χ0) is 22.4. The Hall–Kier alpha value is -3.19. The summed E-state index contributed by atoms with van der Waals surface area (Å²) in [4.78, 5) is 29.0. The van der Waals surface area contributed by atoms with Crippen molar-refractivity contribution in [3.8, 4) is 0 Å². The SMILES string of the molecule is CC(=O)Nc1cc(C(=O)NC(=NCC2CCCO2)Nc2ccc(C)cc2C)ccc1C. The van der Waals surface area contributed by atoms with E-state index in [1.807, 2.05) is 32.9 Å². The number of hydrogen-bond acceptors (Lipinski definition) is 4. The fourth-order valence-electron chi connectivity index (χ4n) is 3.44. The van der Waals surface area contributed by atoms with Crippen molar-refractivity contribution in [2.45, 2.75) is 46.6 Å². The van der Waals surface area contributed by atoms with Crippen LogP contribution in [0.4, 0.5) is 11.4 Å². The molecule has 3 rings (SSSR count). The summed E-state index contributed by atoms with van der Waals surface area (Å²) in [6.45, 7) is 8.59. The molecule has 0 radical (unpaired) electrons. The van der Waals surface area contributed by atoms with Crippen molar-refractivity contribution in [2.75, 3.05) is 23.8 Å². The van der Waals surface area contributed by atoms with E-state index >= 15 is 0 Å². The van der Waals surface area contributed by atoms with E-state index < -0.39 is 0 Å². The largest absolute Gasteiger partial charge is 0.376 e. The molecule has 1 heterocycles. The standard InChI is InChI=1S/C24H30N4O3/c1-15-7-10-21(17(3)12-15)27-24(25-14-20-6-5-11-31-20)28-23(30)19-9-8-16(2)22(13-19)26-18(4)29/h7-10,12-13,20H,5-6,11,14H2,1-4H3,(H,26,29)(H2,25,27,28,30). The minimum Gasteiger partial charge on any atom is -0.376 e. The predicted octanol–water partition coefficient (Wildman–Crippen LogP) is 3.95. The molecule has 164 valence electrons. The minimum absolute atomic E-state index is 0.0681. The van der Waals surface area contributed by atoms with E-state index in [1.54, 1.807) is 18.2 Å². The third-order valence-corrected chi connectivity index (χ3v) is 5.15. The van der Waals surface area contributed by atoms with Gasteiger partial charge in [-0.2, -0.15) is 0 Å². The normalized spacial score (nSPS) is 16.1. The molecular formula is C24H30N4O3. The first kappa shape index (κ1) is 22.5. The van der Waals surface area contributed by atoms with Crippen molar-refractivity contribution in [1.29, 1.82) is 0 Å². The van der Waals surface area contributed by atoms with E-state index in [0.29, 0.717) is 23.8 Å². The van der Waals surface area contributed by atoms with Crippen LogP contribution in [0, 0.1) is 20.8 Å². The number of guanidine groups is 1. The Morgan fingerprint density at radius 1 is 1.03 bits per heavy atom. The van der Waals surface area contributed by atoms with Crippen LogP contribution in [-0.2, 0) is 9.53 Å². The molecule has 1 saturated heterocycles. The number of nitrogens with one attached hydrogen (secondary N) is 3. The second kappa shape index (κ2) is 10.2. The molecule has 0 bridgehead atoms. The third-order valence-electron chi connectivity index (χ3n) is 5.15. The summed E-state index contributed by atoms with van der Waals surface area (Å²) in [7, 11) is 0. The highest BCUT2D eigenvalue weighted by Crippen LogP contribution is 2.18. The molecule has 1 aliphatic heterocycles. The van der Waals surface area contributed by atoms with Gasteiger partial charge < -0.3 is 15.4 Å². The second-order valence-corrected chi connectivity index (χ2v) is 7.93. The average molecular weight is 423 g/mol. The van der Waals surface area contributed by atoms with Gasteiger partial charge in [0.2, 0.25) is 11.9 Å². The number of carbonyl (C=O) groups excluding carboxylic acids is 2. The fraction of sp³-hybridized carbons (Fsp3) is 0.375. The van der Waals surface area contributed by atoms with Gasteiger partial charge in [-0.25, -0.2) is 4.99 Å². The number of amides is 2. The van der Waals surface area contributed by atoms with E-state index in [2.05, 4.69) is 27.0 Å². The lowest BCUT2D eigenvalue weighted by Gasteiger charge is -2.16. The number of rotatable bonds is 5. The Morgan fingerprint density at radius 2 is 1.84 bits per heavy atom.